The van der Waals surface area contributed by atoms with Crippen LogP contribution >= 0.6 is 23.2 Å². The summed E-state index contributed by atoms with van der Waals surface area (Å²) in [6.45, 7) is 0.294. The van der Waals surface area contributed by atoms with Crippen LogP contribution in [-0.4, -0.2) is 12.9 Å². The van der Waals surface area contributed by atoms with Crippen LogP contribution in [-0.2, 0) is 11.4 Å². The summed E-state index contributed by atoms with van der Waals surface area (Å²) >= 11 is 12.0. The van der Waals surface area contributed by atoms with Gasteiger partial charge in [0.1, 0.15) is 18.1 Å². The highest BCUT2D eigenvalue weighted by molar-refractivity contribution is 6.35. The number of hydrogen-bond donors (Lipinski definition) is 0. The van der Waals surface area contributed by atoms with Gasteiger partial charge in [-0.3, -0.25) is 4.79 Å². The maximum absolute atomic E-state index is 11.8. The largest absolute Gasteiger partial charge is 0.496 e. The summed E-state index contributed by atoms with van der Waals surface area (Å²) in [4.78, 5) is 11.8. The van der Waals surface area contributed by atoms with Crippen LogP contribution in [0.1, 0.15) is 24.0 Å². The van der Waals surface area contributed by atoms with Gasteiger partial charge < -0.3 is 9.47 Å². The van der Waals surface area contributed by atoms with Crippen molar-refractivity contribution in [2.75, 3.05) is 7.11 Å². The fourth-order valence-electron chi connectivity index (χ4n) is 2.45. The van der Waals surface area contributed by atoms with Crippen LogP contribution < -0.4 is 9.47 Å². The van der Waals surface area contributed by atoms with Gasteiger partial charge in [0, 0.05) is 16.5 Å². The average Bonchev–Trinajstić information content (AvgIpc) is 3.44. The molecule has 5 heteroatoms. The van der Waals surface area contributed by atoms with Gasteiger partial charge in [-0.05, 0) is 54.8 Å². The molecule has 0 bridgehead atoms. The molecular weight excluding hydrogens is 359 g/mol. The van der Waals surface area contributed by atoms with E-state index >= 15 is 0 Å². The molecule has 0 N–H and O–H groups in total. The highest BCUT2D eigenvalue weighted by Gasteiger charge is 2.27. The van der Waals surface area contributed by atoms with Crippen molar-refractivity contribution < 1.29 is 14.3 Å². The number of carbonyl (C=O) groups is 1. The van der Waals surface area contributed by atoms with Crippen molar-refractivity contribution >= 4 is 35.1 Å². The molecule has 3 nitrogen and oxygen atoms in total. The molecule has 3 rings (SSSR count). The molecule has 0 heterocycles. The monoisotopic (exact) mass is 376 g/mol. The van der Waals surface area contributed by atoms with E-state index in [-0.39, 0.29) is 11.7 Å². The zero-order valence-corrected chi connectivity index (χ0v) is 15.3. The van der Waals surface area contributed by atoms with E-state index in [2.05, 4.69) is 0 Å². The van der Waals surface area contributed by atoms with Crippen molar-refractivity contribution in [3.8, 4) is 11.5 Å². The lowest BCUT2D eigenvalue weighted by atomic mass is 10.1. The zero-order valence-electron chi connectivity index (χ0n) is 13.8. The molecule has 0 atom stereocenters. The third-order valence-electron chi connectivity index (χ3n) is 4.00. The summed E-state index contributed by atoms with van der Waals surface area (Å²) in [5.41, 5.74) is 1.80. The molecule has 0 spiro atoms. The Morgan fingerprint density at radius 1 is 1.16 bits per heavy atom. The quantitative estimate of drug-likeness (QED) is 0.592. The summed E-state index contributed by atoms with van der Waals surface area (Å²) in [5, 5.41) is 1.01. The van der Waals surface area contributed by atoms with Crippen molar-refractivity contribution in [2.45, 2.75) is 19.4 Å². The number of allylic oxidation sites excluding steroid dienone is 1. The molecule has 1 aliphatic carbocycles. The van der Waals surface area contributed by atoms with Crippen LogP contribution in [0.3, 0.4) is 0 Å². The number of hydrogen-bond acceptors (Lipinski definition) is 3. The van der Waals surface area contributed by atoms with Crippen molar-refractivity contribution in [2.24, 2.45) is 5.92 Å². The van der Waals surface area contributed by atoms with Crippen molar-refractivity contribution in [3.63, 3.8) is 0 Å². The Balaban J connectivity index is 1.74. The Bertz CT molecular complexity index is 811. The van der Waals surface area contributed by atoms with Crippen molar-refractivity contribution in [3.05, 3.63) is 63.6 Å². The van der Waals surface area contributed by atoms with Crippen molar-refractivity contribution in [1.29, 1.82) is 0 Å². The second kappa shape index (κ2) is 7.94. The smallest absolute Gasteiger partial charge is 0.158 e. The lowest BCUT2D eigenvalue weighted by Crippen LogP contribution is -2.00. The van der Waals surface area contributed by atoms with E-state index in [1.165, 1.54) is 0 Å². The molecular formula is C20H18Cl2O3. The SMILES string of the molecule is COc1ccc(/C=C/C(=O)C2CC2)cc1COc1ccc(Cl)cc1Cl. The van der Waals surface area contributed by atoms with Gasteiger partial charge >= 0.3 is 0 Å². The fourth-order valence-corrected chi connectivity index (χ4v) is 2.91. The summed E-state index contributed by atoms with van der Waals surface area (Å²) < 4.78 is 11.2. The molecule has 0 aliphatic heterocycles. The van der Waals surface area contributed by atoms with Crippen LogP contribution in [0.4, 0.5) is 0 Å². The fraction of sp³-hybridized carbons (Fsp3) is 0.250. The first kappa shape index (κ1) is 17.8. The van der Waals surface area contributed by atoms with Gasteiger partial charge in [0.15, 0.2) is 5.78 Å². The molecule has 0 aromatic heterocycles. The number of ether oxygens (including phenoxy) is 2. The number of halogens is 2. The summed E-state index contributed by atoms with van der Waals surface area (Å²) in [5.74, 6) is 1.69. The predicted molar refractivity (Wildman–Crippen MR) is 101 cm³/mol. The summed E-state index contributed by atoms with van der Waals surface area (Å²) in [6, 6.07) is 10.8. The van der Waals surface area contributed by atoms with E-state index in [9.17, 15) is 4.79 Å². The standard InChI is InChI=1S/C20H18Cl2O3/c1-24-19-8-3-13(2-7-18(23)14-4-5-14)10-15(19)12-25-20-9-6-16(21)11-17(20)22/h2-3,6-11,14H,4-5,12H2,1H3/b7-2+. The molecule has 0 amide bonds. The van der Waals surface area contributed by atoms with Crippen LogP contribution in [0.5, 0.6) is 11.5 Å². The number of ketones is 1. The third kappa shape index (κ3) is 4.77. The second-order valence-corrected chi connectivity index (χ2v) is 6.79. The topological polar surface area (TPSA) is 35.5 Å². The first-order chi connectivity index (χ1) is 12.1. The maximum atomic E-state index is 11.8. The van der Waals surface area contributed by atoms with Gasteiger partial charge in [-0.2, -0.15) is 0 Å². The van der Waals surface area contributed by atoms with Gasteiger partial charge in [-0.15, -0.1) is 0 Å². The molecule has 2 aromatic carbocycles. The van der Waals surface area contributed by atoms with E-state index in [0.717, 1.165) is 29.7 Å². The minimum atomic E-state index is 0.196. The predicted octanol–water partition coefficient (Wildman–Crippen LogP) is 5.57. The van der Waals surface area contributed by atoms with E-state index in [1.807, 2.05) is 24.3 Å². The van der Waals surface area contributed by atoms with Crippen LogP contribution in [0.25, 0.3) is 6.08 Å². The highest BCUT2D eigenvalue weighted by Crippen LogP contribution is 2.31. The zero-order chi connectivity index (χ0) is 17.8. The van der Waals surface area contributed by atoms with Gasteiger partial charge in [0.25, 0.3) is 0 Å². The van der Waals surface area contributed by atoms with Crippen molar-refractivity contribution in [1.82, 2.24) is 0 Å². The minimum absolute atomic E-state index is 0.196. The number of carbonyl (C=O) groups excluding carboxylic acids is 1. The summed E-state index contributed by atoms with van der Waals surface area (Å²) in [6.07, 6.45) is 5.50. The molecule has 1 saturated carbocycles. The summed E-state index contributed by atoms with van der Waals surface area (Å²) in [7, 11) is 1.61. The second-order valence-electron chi connectivity index (χ2n) is 5.94. The van der Waals surface area contributed by atoms with Crippen LogP contribution in [0, 0.1) is 5.92 Å². The Labute approximate surface area is 157 Å². The first-order valence-corrected chi connectivity index (χ1v) is 8.79. The minimum Gasteiger partial charge on any atom is -0.496 e. The highest BCUT2D eigenvalue weighted by atomic mass is 35.5. The molecule has 2 aromatic rings. The van der Waals surface area contributed by atoms with Gasteiger partial charge in [0.2, 0.25) is 0 Å². The van der Waals surface area contributed by atoms with E-state index in [0.29, 0.717) is 22.4 Å². The molecule has 130 valence electrons. The first-order valence-electron chi connectivity index (χ1n) is 8.03. The van der Waals surface area contributed by atoms with Gasteiger partial charge in [-0.1, -0.05) is 35.3 Å². The van der Waals surface area contributed by atoms with Gasteiger partial charge in [-0.25, -0.2) is 0 Å². The molecule has 0 saturated heterocycles. The number of methoxy groups -OCH3 is 1. The maximum Gasteiger partial charge on any atom is 0.158 e. The molecule has 1 fully saturated rings. The molecule has 0 unspecified atom stereocenters. The van der Waals surface area contributed by atoms with E-state index in [4.69, 9.17) is 32.7 Å². The average molecular weight is 377 g/mol. The normalized spacial score (nSPS) is 13.9. The van der Waals surface area contributed by atoms with E-state index in [1.54, 1.807) is 31.4 Å². The molecule has 0 radical (unpaired) electrons. The molecule has 25 heavy (non-hydrogen) atoms. The van der Waals surface area contributed by atoms with Crippen LogP contribution in [0.15, 0.2) is 42.5 Å². The lowest BCUT2D eigenvalue weighted by molar-refractivity contribution is -0.115. The Kier molecular flexibility index (Phi) is 5.67. The molecule has 1 aliphatic rings. The Morgan fingerprint density at radius 2 is 1.92 bits per heavy atom. The Hall–Kier alpha value is -1.97. The Morgan fingerprint density at radius 3 is 2.60 bits per heavy atom. The number of benzene rings is 2. The third-order valence-corrected chi connectivity index (χ3v) is 4.53. The van der Waals surface area contributed by atoms with Gasteiger partial charge in [0.05, 0.1) is 12.1 Å². The van der Waals surface area contributed by atoms with Crippen LogP contribution in [0.2, 0.25) is 10.0 Å². The van der Waals surface area contributed by atoms with E-state index < -0.39 is 0 Å². The number of rotatable bonds is 7. The lowest BCUT2D eigenvalue weighted by Gasteiger charge is -2.12.